The molecule has 20 heavy (non-hydrogen) atoms. The fourth-order valence-corrected chi connectivity index (χ4v) is 1.84. The summed E-state index contributed by atoms with van der Waals surface area (Å²) in [4.78, 5) is 0. The van der Waals surface area contributed by atoms with E-state index in [-0.39, 0.29) is 6.42 Å². The van der Waals surface area contributed by atoms with Crippen molar-refractivity contribution in [1.29, 1.82) is 0 Å². The third-order valence-corrected chi connectivity index (χ3v) is 3.44. The van der Waals surface area contributed by atoms with Gasteiger partial charge in [0.2, 0.25) is 0 Å². The van der Waals surface area contributed by atoms with Gasteiger partial charge in [-0.05, 0) is 30.4 Å². The van der Waals surface area contributed by atoms with Crippen molar-refractivity contribution in [1.82, 2.24) is 0 Å². The van der Waals surface area contributed by atoms with Crippen molar-refractivity contribution in [2.45, 2.75) is 43.7 Å². The average Bonchev–Trinajstić information content (AvgIpc) is 2.33. The molecule has 0 radical (unpaired) electrons. The quantitative estimate of drug-likeness (QED) is 0.303. The van der Waals surface area contributed by atoms with E-state index in [9.17, 15) is 0 Å². The molecule has 1 aromatic carbocycles. The van der Waals surface area contributed by atoms with E-state index >= 15 is 0 Å². The second kappa shape index (κ2) is 5.74. The molecule has 0 unspecified atom stereocenters. The molecule has 7 nitrogen and oxygen atoms in total. The normalized spacial score (nSPS) is 13.6. The van der Waals surface area contributed by atoms with Gasteiger partial charge in [-0.1, -0.05) is 31.2 Å². The van der Waals surface area contributed by atoms with E-state index < -0.39 is 23.9 Å². The molecule has 0 amide bonds. The van der Waals surface area contributed by atoms with Crippen LogP contribution in [0.3, 0.4) is 0 Å². The summed E-state index contributed by atoms with van der Waals surface area (Å²) in [6.45, 7) is 2.00. The highest BCUT2D eigenvalue weighted by Gasteiger charge is 2.59. The predicted octanol–water partition coefficient (Wildman–Crippen LogP) is -1.86. The van der Waals surface area contributed by atoms with Crippen LogP contribution in [0.25, 0.3) is 0 Å². The maximum atomic E-state index is 9.14. The molecule has 0 bridgehead atoms. The van der Waals surface area contributed by atoms with Gasteiger partial charge in [-0.25, -0.2) is 0 Å². The Morgan fingerprint density at radius 2 is 1.25 bits per heavy atom. The van der Waals surface area contributed by atoms with Crippen LogP contribution in [0.5, 0.6) is 0 Å². The van der Waals surface area contributed by atoms with Crippen LogP contribution < -0.4 is 5.73 Å². The number of rotatable bonds is 6. The van der Waals surface area contributed by atoms with Crippen molar-refractivity contribution in [3.8, 4) is 0 Å². The molecule has 0 atom stereocenters. The molecule has 0 heterocycles. The van der Waals surface area contributed by atoms with Crippen LogP contribution >= 0.6 is 0 Å². The van der Waals surface area contributed by atoms with Crippen molar-refractivity contribution >= 4 is 0 Å². The van der Waals surface area contributed by atoms with Crippen molar-refractivity contribution in [2.75, 3.05) is 0 Å². The van der Waals surface area contributed by atoms with E-state index in [0.29, 0.717) is 0 Å². The van der Waals surface area contributed by atoms with Crippen LogP contribution in [0, 0.1) is 0 Å². The lowest BCUT2D eigenvalue weighted by atomic mass is 9.87. The topological polar surface area (TPSA) is 147 Å². The lowest BCUT2D eigenvalue weighted by Crippen LogP contribution is -2.73. The summed E-state index contributed by atoms with van der Waals surface area (Å²) in [5.74, 6) is -7.32. The molecule has 8 N–H and O–H groups in total. The van der Waals surface area contributed by atoms with Crippen molar-refractivity contribution < 1.29 is 30.6 Å². The van der Waals surface area contributed by atoms with E-state index in [4.69, 9.17) is 36.4 Å². The van der Waals surface area contributed by atoms with Gasteiger partial charge in [0.05, 0.1) is 0 Å². The van der Waals surface area contributed by atoms with Crippen LogP contribution in [0.15, 0.2) is 24.3 Å². The maximum Gasteiger partial charge on any atom is 0.302 e. The summed E-state index contributed by atoms with van der Waals surface area (Å²) in [5.41, 5.74) is 4.35. The second-order valence-corrected chi connectivity index (χ2v) is 4.91. The summed E-state index contributed by atoms with van der Waals surface area (Å²) in [5, 5.41) is 54.8. The summed E-state index contributed by atoms with van der Waals surface area (Å²) in [6.07, 6.45) is 0.472. The van der Waals surface area contributed by atoms with Gasteiger partial charge in [0, 0.05) is 0 Å². The Labute approximate surface area is 116 Å². The van der Waals surface area contributed by atoms with Crippen LogP contribution in [0.1, 0.15) is 24.5 Å². The molecule has 0 aliphatic heterocycles. The van der Waals surface area contributed by atoms with Crippen LogP contribution in [0.4, 0.5) is 0 Å². The summed E-state index contributed by atoms with van der Waals surface area (Å²) in [6, 6.07) is 7.26. The van der Waals surface area contributed by atoms with Gasteiger partial charge in [-0.2, -0.15) is 0 Å². The van der Waals surface area contributed by atoms with Gasteiger partial charge in [0.15, 0.2) is 5.54 Å². The number of hydrogen-bond donors (Lipinski definition) is 7. The summed E-state index contributed by atoms with van der Waals surface area (Å²) < 4.78 is 0. The Balaban J connectivity index is 2.87. The Bertz CT molecular complexity index is 418. The molecule has 0 fully saturated rings. The minimum absolute atomic E-state index is 0.0906. The lowest BCUT2D eigenvalue weighted by Gasteiger charge is -2.41. The molecule has 0 spiro atoms. The van der Waals surface area contributed by atoms with Crippen molar-refractivity contribution in [2.24, 2.45) is 5.73 Å². The Kier molecular flexibility index (Phi) is 4.88. The van der Waals surface area contributed by atoms with Gasteiger partial charge in [-0.3, -0.25) is 0 Å². The van der Waals surface area contributed by atoms with Crippen molar-refractivity contribution in [3.63, 3.8) is 0 Å². The zero-order valence-corrected chi connectivity index (χ0v) is 11.2. The van der Waals surface area contributed by atoms with Gasteiger partial charge in [0.1, 0.15) is 0 Å². The number of nitrogens with two attached hydrogens (primary N) is 1. The third kappa shape index (κ3) is 3.53. The second-order valence-electron chi connectivity index (χ2n) is 4.91. The first-order valence-corrected chi connectivity index (χ1v) is 6.22. The van der Waals surface area contributed by atoms with E-state index in [1.54, 1.807) is 12.1 Å². The fourth-order valence-electron chi connectivity index (χ4n) is 1.84. The molecule has 1 aromatic rings. The minimum Gasteiger partial charge on any atom is -0.342 e. The summed E-state index contributed by atoms with van der Waals surface area (Å²) in [7, 11) is 0. The maximum absolute atomic E-state index is 9.14. The average molecular weight is 287 g/mol. The lowest BCUT2D eigenvalue weighted by molar-refractivity contribution is -0.447. The zero-order chi connectivity index (χ0) is 15.6. The highest BCUT2D eigenvalue weighted by molar-refractivity contribution is 5.23. The van der Waals surface area contributed by atoms with Gasteiger partial charge in [0.25, 0.3) is 0 Å². The first-order valence-electron chi connectivity index (χ1n) is 6.22. The summed E-state index contributed by atoms with van der Waals surface area (Å²) >= 11 is 0. The van der Waals surface area contributed by atoms with E-state index in [1.165, 1.54) is 0 Å². The van der Waals surface area contributed by atoms with Crippen LogP contribution in [0.2, 0.25) is 0 Å². The Morgan fingerprint density at radius 3 is 1.60 bits per heavy atom. The molecule has 114 valence electrons. The molecule has 0 saturated carbocycles. The largest absolute Gasteiger partial charge is 0.342 e. The smallest absolute Gasteiger partial charge is 0.302 e. The van der Waals surface area contributed by atoms with Crippen LogP contribution in [-0.4, -0.2) is 48.1 Å². The standard InChI is InChI=1S/C13H21NO6/c1-2-9-3-5-10(6-4-9)7-8-11(14,12(15,16)17)13(18,19)20/h3-6,15-20H,2,7-8,14H2,1H3. The van der Waals surface area contributed by atoms with Crippen molar-refractivity contribution in [3.05, 3.63) is 35.4 Å². The Morgan fingerprint density at radius 1 is 0.850 bits per heavy atom. The van der Waals surface area contributed by atoms with E-state index in [0.717, 1.165) is 17.5 Å². The highest BCUT2D eigenvalue weighted by Crippen LogP contribution is 2.29. The molecular weight excluding hydrogens is 266 g/mol. The number of hydrogen-bond acceptors (Lipinski definition) is 7. The Hall–Kier alpha value is -1.06. The number of aryl methyl sites for hydroxylation is 2. The van der Waals surface area contributed by atoms with E-state index in [2.05, 4.69) is 0 Å². The van der Waals surface area contributed by atoms with Gasteiger partial charge in [-0.15, -0.1) is 0 Å². The highest BCUT2D eigenvalue weighted by atomic mass is 16.7. The number of benzene rings is 1. The third-order valence-electron chi connectivity index (χ3n) is 3.44. The molecule has 0 aliphatic carbocycles. The van der Waals surface area contributed by atoms with Gasteiger partial charge >= 0.3 is 11.9 Å². The first-order chi connectivity index (χ1) is 9.01. The fraction of sp³-hybridized carbons (Fsp3) is 0.538. The monoisotopic (exact) mass is 287 g/mol. The van der Waals surface area contributed by atoms with Crippen LogP contribution in [-0.2, 0) is 12.8 Å². The molecule has 0 saturated heterocycles. The number of aliphatic hydroxyl groups is 6. The van der Waals surface area contributed by atoms with E-state index in [1.807, 2.05) is 19.1 Å². The molecule has 0 aliphatic rings. The minimum atomic E-state index is -3.66. The molecular formula is C13H21NO6. The zero-order valence-electron chi connectivity index (χ0n) is 11.2. The predicted molar refractivity (Wildman–Crippen MR) is 69.8 cm³/mol. The first kappa shape index (κ1) is 17.0. The SMILES string of the molecule is CCc1ccc(CCC(N)(C(O)(O)O)C(O)(O)O)cc1. The molecule has 0 aromatic heterocycles. The molecule has 1 rings (SSSR count). The van der Waals surface area contributed by atoms with Gasteiger partial charge < -0.3 is 36.4 Å². The molecule has 7 heteroatoms.